The van der Waals surface area contributed by atoms with E-state index in [0.29, 0.717) is 0 Å². The fraction of sp³-hybridized carbons (Fsp3) is 0.250. The summed E-state index contributed by atoms with van der Waals surface area (Å²) in [7, 11) is 0. The number of imidazole rings is 1. The van der Waals surface area contributed by atoms with Gasteiger partial charge in [-0.1, -0.05) is 36.4 Å². The molecule has 0 saturated heterocycles. The zero-order valence-corrected chi connectivity index (χ0v) is 13.6. The first-order valence-electron chi connectivity index (χ1n) is 8.24. The molecule has 1 aromatic heterocycles. The van der Waals surface area contributed by atoms with Crippen LogP contribution >= 0.6 is 0 Å². The lowest BCUT2D eigenvalue weighted by Gasteiger charge is -2.18. The van der Waals surface area contributed by atoms with Crippen LogP contribution in [0.4, 0.5) is 4.39 Å². The zero-order chi connectivity index (χ0) is 16.7. The van der Waals surface area contributed by atoms with E-state index in [1.54, 1.807) is 0 Å². The van der Waals surface area contributed by atoms with Crippen LogP contribution in [0.25, 0.3) is 11.3 Å². The Hall–Kier alpha value is -2.46. The van der Waals surface area contributed by atoms with Gasteiger partial charge in [0.25, 0.3) is 0 Å². The van der Waals surface area contributed by atoms with Gasteiger partial charge in [-0.25, -0.2) is 9.37 Å². The molecule has 0 bridgehead atoms. The lowest BCUT2D eigenvalue weighted by atomic mass is 10.0. The highest BCUT2D eigenvalue weighted by Crippen LogP contribution is 2.43. The normalized spacial score (nSPS) is 16.8. The quantitative estimate of drug-likeness (QED) is 0.781. The molecular formula is C20H20FN3. The summed E-state index contributed by atoms with van der Waals surface area (Å²) in [4.78, 5) is 4.31. The first-order chi connectivity index (χ1) is 11.6. The van der Waals surface area contributed by atoms with Crippen LogP contribution < -0.4 is 5.73 Å². The first kappa shape index (κ1) is 15.1. The standard InChI is InChI=1S/C20H20FN3/c1-14(15-4-8-18(21)9-5-15)24-13-23-12-19(24)16-2-6-17(7-3-16)20(22)10-11-20/h2-9,12-14H,10-11,22H2,1H3. The number of hydrogen-bond donors (Lipinski definition) is 1. The number of rotatable bonds is 4. The Bertz CT molecular complexity index is 845. The van der Waals surface area contributed by atoms with Crippen molar-refractivity contribution >= 4 is 0 Å². The highest BCUT2D eigenvalue weighted by molar-refractivity contribution is 5.60. The molecule has 24 heavy (non-hydrogen) atoms. The molecule has 1 heterocycles. The number of aromatic nitrogens is 2. The highest BCUT2D eigenvalue weighted by Gasteiger charge is 2.39. The lowest BCUT2D eigenvalue weighted by molar-refractivity contribution is 0.617. The van der Waals surface area contributed by atoms with Gasteiger partial charge in [0.15, 0.2) is 0 Å². The molecule has 1 saturated carbocycles. The van der Waals surface area contributed by atoms with E-state index in [1.165, 1.54) is 17.7 Å². The third-order valence-electron chi connectivity index (χ3n) is 4.98. The number of nitrogens with zero attached hydrogens (tertiary/aromatic N) is 2. The Morgan fingerprint density at radius 1 is 1.08 bits per heavy atom. The largest absolute Gasteiger partial charge is 0.323 e. The van der Waals surface area contributed by atoms with Crippen molar-refractivity contribution in [1.82, 2.24) is 9.55 Å². The number of halogens is 1. The molecule has 2 aromatic carbocycles. The smallest absolute Gasteiger partial charge is 0.123 e. The summed E-state index contributed by atoms with van der Waals surface area (Å²) in [5.41, 5.74) is 10.5. The Balaban J connectivity index is 1.65. The maximum absolute atomic E-state index is 13.1. The van der Waals surface area contributed by atoms with Gasteiger partial charge in [0.05, 0.1) is 24.3 Å². The van der Waals surface area contributed by atoms with Crippen molar-refractivity contribution in [2.75, 3.05) is 0 Å². The number of hydrogen-bond acceptors (Lipinski definition) is 2. The molecule has 1 fully saturated rings. The lowest BCUT2D eigenvalue weighted by Crippen LogP contribution is -2.18. The summed E-state index contributed by atoms with van der Waals surface area (Å²) in [6.45, 7) is 2.09. The summed E-state index contributed by atoms with van der Waals surface area (Å²) in [5, 5.41) is 0. The molecule has 4 heteroatoms. The van der Waals surface area contributed by atoms with Gasteiger partial charge in [-0.15, -0.1) is 0 Å². The van der Waals surface area contributed by atoms with Gasteiger partial charge in [-0.2, -0.15) is 0 Å². The van der Waals surface area contributed by atoms with Crippen molar-refractivity contribution in [3.8, 4) is 11.3 Å². The molecule has 3 nitrogen and oxygen atoms in total. The van der Waals surface area contributed by atoms with Crippen molar-refractivity contribution in [3.05, 3.63) is 78.0 Å². The van der Waals surface area contributed by atoms with E-state index in [9.17, 15) is 4.39 Å². The molecule has 1 unspecified atom stereocenters. The van der Waals surface area contributed by atoms with Crippen LogP contribution in [0.2, 0.25) is 0 Å². The van der Waals surface area contributed by atoms with E-state index >= 15 is 0 Å². The van der Waals surface area contributed by atoms with Crippen LogP contribution in [0.1, 0.15) is 36.9 Å². The van der Waals surface area contributed by atoms with Crippen LogP contribution in [0, 0.1) is 5.82 Å². The van der Waals surface area contributed by atoms with E-state index < -0.39 is 0 Å². The highest BCUT2D eigenvalue weighted by atomic mass is 19.1. The third-order valence-corrected chi connectivity index (χ3v) is 4.98. The zero-order valence-electron chi connectivity index (χ0n) is 13.6. The second kappa shape index (κ2) is 5.56. The molecule has 122 valence electrons. The van der Waals surface area contributed by atoms with Gasteiger partial charge in [-0.3, -0.25) is 0 Å². The van der Waals surface area contributed by atoms with Crippen molar-refractivity contribution in [2.45, 2.75) is 31.3 Å². The maximum Gasteiger partial charge on any atom is 0.123 e. The second-order valence-electron chi connectivity index (χ2n) is 6.65. The third kappa shape index (κ3) is 2.63. The fourth-order valence-electron chi connectivity index (χ4n) is 3.14. The van der Waals surface area contributed by atoms with Crippen molar-refractivity contribution < 1.29 is 4.39 Å². The number of nitrogens with two attached hydrogens (primary N) is 1. The van der Waals surface area contributed by atoms with E-state index in [2.05, 4.69) is 40.7 Å². The second-order valence-corrected chi connectivity index (χ2v) is 6.65. The Labute approximate surface area is 141 Å². The average molecular weight is 321 g/mol. The maximum atomic E-state index is 13.1. The van der Waals surface area contributed by atoms with Crippen molar-refractivity contribution in [2.24, 2.45) is 5.73 Å². The molecule has 1 aliphatic carbocycles. The molecular weight excluding hydrogens is 301 g/mol. The van der Waals surface area contributed by atoms with E-state index in [4.69, 9.17) is 5.73 Å². The van der Waals surface area contributed by atoms with E-state index in [1.807, 2.05) is 24.7 Å². The van der Waals surface area contributed by atoms with Crippen LogP contribution in [-0.4, -0.2) is 9.55 Å². The average Bonchev–Trinajstić information content (AvgIpc) is 3.17. The van der Waals surface area contributed by atoms with Crippen molar-refractivity contribution in [3.63, 3.8) is 0 Å². The number of benzene rings is 2. The molecule has 2 N–H and O–H groups in total. The van der Waals surface area contributed by atoms with Gasteiger partial charge in [0, 0.05) is 5.54 Å². The van der Waals surface area contributed by atoms with Gasteiger partial charge in [0.1, 0.15) is 5.82 Å². The SMILES string of the molecule is CC(c1ccc(F)cc1)n1cncc1-c1ccc(C2(N)CC2)cc1. The van der Waals surface area contributed by atoms with Crippen LogP contribution in [0.15, 0.2) is 61.1 Å². The summed E-state index contributed by atoms with van der Waals surface area (Å²) < 4.78 is 15.3. The van der Waals surface area contributed by atoms with Crippen LogP contribution in [0.3, 0.4) is 0 Å². The van der Waals surface area contributed by atoms with Gasteiger partial charge >= 0.3 is 0 Å². The summed E-state index contributed by atoms with van der Waals surface area (Å²) >= 11 is 0. The minimum absolute atomic E-state index is 0.0760. The predicted molar refractivity (Wildman–Crippen MR) is 93.0 cm³/mol. The molecule has 0 spiro atoms. The predicted octanol–water partition coefficient (Wildman–Crippen LogP) is 4.25. The Morgan fingerprint density at radius 2 is 1.75 bits per heavy atom. The van der Waals surface area contributed by atoms with Crippen molar-refractivity contribution in [1.29, 1.82) is 0 Å². The molecule has 0 amide bonds. The Kier molecular flexibility index (Phi) is 3.50. The minimum atomic E-state index is -0.219. The monoisotopic (exact) mass is 321 g/mol. The van der Waals surface area contributed by atoms with Gasteiger partial charge in [0.2, 0.25) is 0 Å². The van der Waals surface area contributed by atoms with E-state index in [0.717, 1.165) is 29.7 Å². The topological polar surface area (TPSA) is 43.8 Å². The van der Waals surface area contributed by atoms with E-state index in [-0.39, 0.29) is 17.4 Å². The molecule has 0 aliphatic heterocycles. The fourth-order valence-corrected chi connectivity index (χ4v) is 3.14. The summed E-state index contributed by atoms with van der Waals surface area (Å²) in [5.74, 6) is -0.219. The summed E-state index contributed by atoms with van der Waals surface area (Å²) in [6.07, 6.45) is 5.81. The summed E-state index contributed by atoms with van der Waals surface area (Å²) in [6, 6.07) is 15.1. The molecule has 4 rings (SSSR count). The minimum Gasteiger partial charge on any atom is -0.323 e. The van der Waals surface area contributed by atoms with Gasteiger partial charge < -0.3 is 10.3 Å². The first-order valence-corrected chi connectivity index (χ1v) is 8.24. The molecule has 3 aromatic rings. The molecule has 1 aliphatic rings. The van der Waals surface area contributed by atoms with Gasteiger partial charge in [-0.05, 0) is 48.6 Å². The molecule has 1 atom stereocenters. The van der Waals surface area contributed by atoms with Crippen LogP contribution in [0.5, 0.6) is 0 Å². The van der Waals surface area contributed by atoms with Crippen LogP contribution in [-0.2, 0) is 5.54 Å². The molecule has 0 radical (unpaired) electrons. The Morgan fingerprint density at radius 3 is 2.38 bits per heavy atom.